The molecule has 0 atom stereocenters. The van der Waals surface area contributed by atoms with Crippen molar-refractivity contribution in [2.24, 2.45) is 5.10 Å². The van der Waals surface area contributed by atoms with Crippen LogP contribution in [0.5, 0.6) is 0 Å². The van der Waals surface area contributed by atoms with Crippen LogP contribution in [0.1, 0.15) is 11.3 Å². The molecule has 4 nitrogen and oxygen atoms in total. The maximum Gasteiger partial charge on any atom is 0.250 e. The molecule has 0 radical (unpaired) electrons. The third-order valence-corrected chi connectivity index (χ3v) is 4.99. The predicted octanol–water partition coefficient (Wildman–Crippen LogP) is 4.68. The number of nitrogens with one attached hydrogen (secondary N) is 1. The van der Waals surface area contributed by atoms with Gasteiger partial charge in [0, 0.05) is 21.8 Å². The molecule has 0 saturated heterocycles. The zero-order chi connectivity index (χ0) is 18.4. The van der Waals surface area contributed by atoms with E-state index in [4.69, 9.17) is 11.6 Å². The van der Waals surface area contributed by atoms with Crippen LogP contribution < -0.4 is 5.43 Å². The Morgan fingerprint density at radius 1 is 1.15 bits per heavy atom. The Bertz CT molecular complexity index is 919. The van der Waals surface area contributed by atoms with Crippen molar-refractivity contribution >= 4 is 35.5 Å². The number of aryl methyl sites for hydroxylation is 1. The lowest BCUT2D eigenvalue weighted by Gasteiger charge is -2.09. The first-order valence-corrected chi connectivity index (χ1v) is 9.43. The molecular formula is C20H18ClN3OS. The van der Waals surface area contributed by atoms with Gasteiger partial charge in [-0.2, -0.15) is 5.10 Å². The predicted molar refractivity (Wildman–Crippen MR) is 108 cm³/mol. The van der Waals surface area contributed by atoms with Crippen LogP contribution in [0.3, 0.4) is 0 Å². The summed E-state index contributed by atoms with van der Waals surface area (Å²) in [6.45, 7) is 2.06. The minimum atomic E-state index is -0.157. The monoisotopic (exact) mass is 383 g/mol. The summed E-state index contributed by atoms with van der Waals surface area (Å²) in [7, 11) is 0. The van der Waals surface area contributed by atoms with Gasteiger partial charge in [0.1, 0.15) is 0 Å². The molecule has 6 heteroatoms. The van der Waals surface area contributed by atoms with Gasteiger partial charge in [0.05, 0.1) is 17.7 Å². The summed E-state index contributed by atoms with van der Waals surface area (Å²) in [4.78, 5) is 12.9. The Morgan fingerprint density at radius 3 is 2.69 bits per heavy atom. The summed E-state index contributed by atoms with van der Waals surface area (Å²) in [5.41, 5.74) is 5.71. The van der Waals surface area contributed by atoms with Gasteiger partial charge in [-0.25, -0.2) is 5.43 Å². The molecule has 3 aromatic rings. The molecule has 3 rings (SSSR count). The van der Waals surface area contributed by atoms with Crippen molar-refractivity contribution in [3.8, 4) is 5.69 Å². The van der Waals surface area contributed by atoms with Gasteiger partial charge in [-0.15, -0.1) is 11.8 Å². The highest BCUT2D eigenvalue weighted by Crippen LogP contribution is 2.20. The summed E-state index contributed by atoms with van der Waals surface area (Å²) in [5, 5.41) is 4.76. The Kier molecular flexibility index (Phi) is 6.15. The number of hydrogen-bond acceptors (Lipinski definition) is 3. The number of nitrogens with zero attached hydrogens (tertiary/aromatic N) is 2. The van der Waals surface area contributed by atoms with Crippen molar-refractivity contribution in [3.63, 3.8) is 0 Å². The summed E-state index contributed by atoms with van der Waals surface area (Å²) in [6, 6.07) is 19.4. The lowest BCUT2D eigenvalue weighted by molar-refractivity contribution is -0.118. The second-order valence-electron chi connectivity index (χ2n) is 5.63. The fraction of sp³-hybridized carbons (Fsp3) is 0.100. The van der Waals surface area contributed by atoms with E-state index < -0.39 is 0 Å². The molecular weight excluding hydrogens is 366 g/mol. The number of benzene rings is 2. The SMILES string of the molecule is Cc1ccccc1-n1cccc1/C=N\NC(=O)CSc1ccc(Cl)cc1. The Hall–Kier alpha value is -2.50. The number of hydrazone groups is 1. The number of para-hydroxylation sites is 1. The molecule has 132 valence electrons. The number of carbonyl (C=O) groups is 1. The van der Waals surface area contributed by atoms with Crippen LogP contribution >= 0.6 is 23.4 Å². The Labute approximate surface area is 161 Å². The fourth-order valence-electron chi connectivity index (χ4n) is 2.43. The molecule has 26 heavy (non-hydrogen) atoms. The van der Waals surface area contributed by atoms with E-state index >= 15 is 0 Å². The molecule has 0 aliphatic carbocycles. The van der Waals surface area contributed by atoms with E-state index in [2.05, 4.69) is 23.5 Å². The van der Waals surface area contributed by atoms with Crippen molar-refractivity contribution < 1.29 is 4.79 Å². The minimum Gasteiger partial charge on any atom is -0.315 e. The van der Waals surface area contributed by atoms with E-state index in [-0.39, 0.29) is 11.7 Å². The zero-order valence-electron chi connectivity index (χ0n) is 14.2. The van der Waals surface area contributed by atoms with Crippen LogP contribution in [0.2, 0.25) is 5.02 Å². The largest absolute Gasteiger partial charge is 0.315 e. The molecule has 0 unspecified atom stereocenters. The van der Waals surface area contributed by atoms with E-state index in [1.807, 2.05) is 53.2 Å². The molecule has 0 spiro atoms. The first-order chi connectivity index (χ1) is 12.6. The van der Waals surface area contributed by atoms with E-state index in [1.165, 1.54) is 17.3 Å². The van der Waals surface area contributed by atoms with Gasteiger partial charge in [0.15, 0.2) is 0 Å². The highest BCUT2D eigenvalue weighted by atomic mass is 35.5. The van der Waals surface area contributed by atoms with Crippen molar-refractivity contribution in [3.05, 3.63) is 83.1 Å². The van der Waals surface area contributed by atoms with E-state index in [1.54, 1.807) is 18.3 Å². The Balaban J connectivity index is 1.57. The van der Waals surface area contributed by atoms with E-state index in [0.717, 1.165) is 16.3 Å². The van der Waals surface area contributed by atoms with Gasteiger partial charge in [-0.3, -0.25) is 4.79 Å². The van der Waals surface area contributed by atoms with E-state index in [0.29, 0.717) is 5.02 Å². The number of amides is 1. The summed E-state index contributed by atoms with van der Waals surface area (Å²) in [6.07, 6.45) is 3.62. The van der Waals surface area contributed by atoms with Crippen molar-refractivity contribution in [2.75, 3.05) is 5.75 Å². The number of halogens is 1. The van der Waals surface area contributed by atoms with Crippen LogP contribution in [0, 0.1) is 6.92 Å². The molecule has 0 aliphatic rings. The standard InChI is InChI=1S/C20H18ClN3OS/c1-15-5-2-3-7-19(15)24-12-4-6-17(24)13-22-23-20(25)14-26-18-10-8-16(21)9-11-18/h2-13H,14H2,1H3,(H,23,25)/b22-13-. The smallest absolute Gasteiger partial charge is 0.250 e. The minimum absolute atomic E-state index is 0.157. The van der Waals surface area contributed by atoms with Crippen LogP contribution in [0.25, 0.3) is 5.69 Å². The Morgan fingerprint density at radius 2 is 1.92 bits per heavy atom. The van der Waals surface area contributed by atoms with E-state index in [9.17, 15) is 4.79 Å². The lowest BCUT2D eigenvalue weighted by atomic mass is 10.2. The molecule has 0 saturated carbocycles. The molecule has 0 fully saturated rings. The molecule has 1 aromatic heterocycles. The highest BCUT2D eigenvalue weighted by molar-refractivity contribution is 8.00. The molecule has 2 aromatic carbocycles. The molecule has 0 bridgehead atoms. The van der Waals surface area contributed by atoms with Gasteiger partial charge in [0.25, 0.3) is 0 Å². The average Bonchev–Trinajstić information content (AvgIpc) is 3.10. The highest BCUT2D eigenvalue weighted by Gasteiger charge is 2.05. The quantitative estimate of drug-likeness (QED) is 0.381. The first kappa shape index (κ1) is 18.3. The number of carbonyl (C=O) groups excluding carboxylic acids is 1. The van der Waals surface area contributed by atoms with Crippen molar-refractivity contribution in [1.82, 2.24) is 9.99 Å². The molecule has 1 amide bonds. The second-order valence-corrected chi connectivity index (χ2v) is 7.11. The second kappa shape index (κ2) is 8.74. The molecule has 1 N–H and O–H groups in total. The van der Waals surface area contributed by atoms with Crippen molar-refractivity contribution in [1.29, 1.82) is 0 Å². The van der Waals surface area contributed by atoms with Gasteiger partial charge in [-0.1, -0.05) is 29.8 Å². The summed E-state index contributed by atoms with van der Waals surface area (Å²) >= 11 is 7.29. The number of thioether (sulfide) groups is 1. The maximum atomic E-state index is 11.9. The normalized spacial score (nSPS) is 11.0. The third kappa shape index (κ3) is 4.77. The van der Waals surface area contributed by atoms with Crippen LogP contribution in [0.15, 0.2) is 76.9 Å². The number of aromatic nitrogens is 1. The number of rotatable bonds is 6. The molecule has 1 heterocycles. The van der Waals surface area contributed by atoms with Crippen molar-refractivity contribution in [2.45, 2.75) is 11.8 Å². The fourth-order valence-corrected chi connectivity index (χ4v) is 3.25. The van der Waals surface area contributed by atoms with Crippen LogP contribution in [-0.2, 0) is 4.79 Å². The lowest BCUT2D eigenvalue weighted by Crippen LogP contribution is -2.19. The molecule has 0 aliphatic heterocycles. The summed E-state index contributed by atoms with van der Waals surface area (Å²) in [5.74, 6) is 0.132. The first-order valence-electron chi connectivity index (χ1n) is 8.07. The number of hydrogen-bond donors (Lipinski definition) is 1. The topological polar surface area (TPSA) is 46.4 Å². The maximum absolute atomic E-state index is 11.9. The van der Waals surface area contributed by atoms with Crippen LogP contribution in [0.4, 0.5) is 0 Å². The summed E-state index contributed by atoms with van der Waals surface area (Å²) < 4.78 is 2.04. The van der Waals surface area contributed by atoms with Gasteiger partial charge in [0.2, 0.25) is 5.91 Å². The third-order valence-electron chi connectivity index (χ3n) is 3.72. The zero-order valence-corrected chi connectivity index (χ0v) is 15.8. The average molecular weight is 384 g/mol. The van der Waals surface area contributed by atoms with Gasteiger partial charge < -0.3 is 4.57 Å². The van der Waals surface area contributed by atoms with Crippen LogP contribution in [-0.4, -0.2) is 22.4 Å². The van der Waals surface area contributed by atoms with Gasteiger partial charge >= 0.3 is 0 Å². The van der Waals surface area contributed by atoms with Gasteiger partial charge in [-0.05, 0) is 55.0 Å².